The van der Waals surface area contributed by atoms with E-state index in [2.05, 4.69) is 0 Å². The number of aliphatic hydroxyl groups is 1. The van der Waals surface area contributed by atoms with Crippen molar-refractivity contribution in [3.8, 4) is 46.0 Å². The molecule has 0 aliphatic carbocycles. The first-order valence-corrected chi connectivity index (χ1v) is 9.42. The van der Waals surface area contributed by atoms with Crippen molar-refractivity contribution < 1.29 is 55.1 Å². The van der Waals surface area contributed by atoms with Gasteiger partial charge in [-0.2, -0.15) is 0 Å². The van der Waals surface area contributed by atoms with Crippen molar-refractivity contribution in [2.45, 2.75) is 18.3 Å². The van der Waals surface area contributed by atoms with Crippen molar-refractivity contribution in [3.63, 3.8) is 0 Å². The first kappa shape index (κ1) is 21.7. The molecule has 11 heteroatoms. The highest BCUT2D eigenvalue weighted by molar-refractivity contribution is 5.91. The van der Waals surface area contributed by atoms with Crippen molar-refractivity contribution in [3.05, 3.63) is 59.2 Å². The summed E-state index contributed by atoms with van der Waals surface area (Å²) in [5, 5.41) is 79.6. The minimum atomic E-state index is -2.51. The summed E-state index contributed by atoms with van der Waals surface area (Å²) < 4.78 is 11.0. The van der Waals surface area contributed by atoms with Crippen LogP contribution in [0.2, 0.25) is 0 Å². The Morgan fingerprint density at radius 1 is 0.848 bits per heavy atom. The molecule has 0 saturated carbocycles. The van der Waals surface area contributed by atoms with Gasteiger partial charge < -0.3 is 50.3 Å². The number of phenols is 7. The lowest BCUT2D eigenvalue weighted by Gasteiger charge is -2.40. The Hall–Kier alpha value is -4.51. The van der Waals surface area contributed by atoms with Gasteiger partial charge in [0.25, 0.3) is 5.79 Å². The van der Waals surface area contributed by atoms with E-state index in [0.717, 1.165) is 30.3 Å². The third-order valence-corrected chi connectivity index (χ3v) is 5.13. The van der Waals surface area contributed by atoms with Gasteiger partial charge in [-0.3, -0.25) is 0 Å². The van der Waals surface area contributed by atoms with Crippen molar-refractivity contribution in [1.29, 1.82) is 0 Å². The molecule has 11 nitrogen and oxygen atoms in total. The van der Waals surface area contributed by atoms with Gasteiger partial charge in [0.1, 0.15) is 17.2 Å². The molecule has 3 aromatic rings. The van der Waals surface area contributed by atoms with Crippen LogP contribution in [0.25, 0.3) is 0 Å². The van der Waals surface area contributed by atoms with E-state index in [1.54, 1.807) is 0 Å². The van der Waals surface area contributed by atoms with E-state index < -0.39 is 64.3 Å². The first-order valence-electron chi connectivity index (χ1n) is 9.42. The molecule has 33 heavy (non-hydrogen) atoms. The molecule has 172 valence electrons. The fourth-order valence-electron chi connectivity index (χ4n) is 3.53. The van der Waals surface area contributed by atoms with Crippen LogP contribution in [-0.4, -0.2) is 52.6 Å². The lowest BCUT2D eigenvalue weighted by molar-refractivity contribution is -0.226. The summed E-state index contributed by atoms with van der Waals surface area (Å²) >= 11 is 0. The summed E-state index contributed by atoms with van der Waals surface area (Å²) in [5.41, 5.74) is -0.367. The van der Waals surface area contributed by atoms with Gasteiger partial charge in [-0.05, 0) is 24.3 Å². The number of benzene rings is 3. The van der Waals surface area contributed by atoms with Crippen LogP contribution < -0.4 is 4.74 Å². The molecule has 0 saturated heterocycles. The van der Waals surface area contributed by atoms with E-state index in [1.165, 1.54) is 12.1 Å². The van der Waals surface area contributed by atoms with E-state index in [-0.39, 0.29) is 22.6 Å². The molecule has 8 N–H and O–H groups in total. The topological polar surface area (TPSA) is 197 Å². The summed E-state index contributed by atoms with van der Waals surface area (Å²) in [7, 11) is 0. The maximum Gasteiger partial charge on any atom is 0.341 e. The maximum absolute atomic E-state index is 12.7. The second-order valence-corrected chi connectivity index (χ2v) is 7.46. The minimum Gasteiger partial charge on any atom is -0.508 e. The Bertz CT molecular complexity index is 1250. The van der Waals surface area contributed by atoms with E-state index in [9.17, 15) is 45.6 Å². The van der Waals surface area contributed by atoms with Gasteiger partial charge in [-0.15, -0.1) is 0 Å². The number of carbonyl (C=O) groups is 1. The SMILES string of the molecule is O=C(O[C@@]1(O)Cc2c(O)cc(O)cc2O[C@@H]1c1ccc(O)c(O)c1)c1cc(O)c(O)c(O)c1. The molecule has 2 atom stereocenters. The average Bonchev–Trinajstić information content (AvgIpc) is 2.74. The molecule has 1 aliphatic heterocycles. The van der Waals surface area contributed by atoms with Gasteiger partial charge in [0, 0.05) is 29.7 Å². The summed E-state index contributed by atoms with van der Waals surface area (Å²) in [6, 6.07) is 7.22. The fraction of sp³-hybridized carbons (Fsp3) is 0.136. The zero-order chi connectivity index (χ0) is 24.1. The van der Waals surface area contributed by atoms with Crippen molar-refractivity contribution in [1.82, 2.24) is 0 Å². The number of carbonyl (C=O) groups excluding carboxylic acids is 1. The highest BCUT2D eigenvalue weighted by atomic mass is 16.7. The van der Waals surface area contributed by atoms with E-state index in [4.69, 9.17) is 9.47 Å². The molecule has 0 unspecified atom stereocenters. The molecule has 0 spiro atoms. The predicted octanol–water partition coefficient (Wildman–Crippen LogP) is 1.85. The molecule has 0 bridgehead atoms. The summed E-state index contributed by atoms with van der Waals surface area (Å²) in [6.45, 7) is 0. The van der Waals surface area contributed by atoms with E-state index >= 15 is 0 Å². The third kappa shape index (κ3) is 3.81. The van der Waals surface area contributed by atoms with Crippen LogP contribution in [0.5, 0.6) is 46.0 Å². The zero-order valence-electron chi connectivity index (χ0n) is 16.6. The Balaban J connectivity index is 1.79. The molecule has 0 radical (unpaired) electrons. The fourth-order valence-corrected chi connectivity index (χ4v) is 3.53. The quantitative estimate of drug-likeness (QED) is 0.162. The summed E-state index contributed by atoms with van der Waals surface area (Å²) in [4.78, 5) is 12.7. The smallest absolute Gasteiger partial charge is 0.341 e. The van der Waals surface area contributed by atoms with Gasteiger partial charge in [0.2, 0.25) is 0 Å². The first-order chi connectivity index (χ1) is 15.5. The van der Waals surface area contributed by atoms with Gasteiger partial charge >= 0.3 is 5.97 Å². The Labute approximate surface area is 185 Å². The number of esters is 1. The standard InChI is InChI=1S/C22H18O11/c23-11-6-14(25)12-8-22(31,33-21(30)10-4-16(27)19(29)17(28)5-10)20(32-18(12)7-11)9-1-2-13(24)15(26)3-9/h1-7,20,23-29,31H,8H2/t20-,22+/m1/s1. The van der Waals surface area contributed by atoms with E-state index in [0.29, 0.717) is 0 Å². The van der Waals surface area contributed by atoms with Crippen LogP contribution in [0, 0.1) is 0 Å². The normalized spacial score (nSPS) is 19.4. The number of hydrogen-bond acceptors (Lipinski definition) is 11. The van der Waals surface area contributed by atoms with Crippen LogP contribution in [0.4, 0.5) is 0 Å². The summed E-state index contributed by atoms with van der Waals surface area (Å²) in [6.07, 6.45) is -2.04. The molecule has 1 aliphatic rings. The monoisotopic (exact) mass is 458 g/mol. The number of rotatable bonds is 3. The Kier molecular flexibility index (Phi) is 4.98. The highest BCUT2D eigenvalue weighted by Gasteiger charge is 2.49. The molecule has 0 amide bonds. The zero-order valence-corrected chi connectivity index (χ0v) is 16.6. The number of fused-ring (bicyclic) bond motifs is 1. The van der Waals surface area contributed by atoms with Gasteiger partial charge in [0.05, 0.1) is 5.56 Å². The highest BCUT2D eigenvalue weighted by Crippen LogP contribution is 2.48. The third-order valence-electron chi connectivity index (χ3n) is 5.13. The lowest BCUT2D eigenvalue weighted by Crippen LogP contribution is -2.48. The van der Waals surface area contributed by atoms with Crippen LogP contribution >= 0.6 is 0 Å². The number of aromatic hydroxyl groups is 7. The maximum atomic E-state index is 12.7. The Morgan fingerprint density at radius 3 is 2.15 bits per heavy atom. The van der Waals surface area contributed by atoms with Crippen LogP contribution in [0.3, 0.4) is 0 Å². The molecular weight excluding hydrogens is 440 g/mol. The van der Waals surface area contributed by atoms with Crippen molar-refractivity contribution in [2.75, 3.05) is 0 Å². The predicted molar refractivity (Wildman–Crippen MR) is 108 cm³/mol. The largest absolute Gasteiger partial charge is 0.508 e. The second-order valence-electron chi connectivity index (χ2n) is 7.46. The van der Waals surface area contributed by atoms with Gasteiger partial charge in [-0.25, -0.2) is 4.79 Å². The number of hydrogen-bond donors (Lipinski definition) is 8. The van der Waals surface area contributed by atoms with Crippen LogP contribution in [0.15, 0.2) is 42.5 Å². The van der Waals surface area contributed by atoms with Gasteiger partial charge in [0.15, 0.2) is 34.9 Å². The van der Waals surface area contributed by atoms with Crippen LogP contribution in [-0.2, 0) is 11.2 Å². The Morgan fingerprint density at radius 2 is 1.52 bits per heavy atom. The molecule has 3 aromatic carbocycles. The van der Waals surface area contributed by atoms with Gasteiger partial charge in [-0.1, -0.05) is 6.07 Å². The lowest BCUT2D eigenvalue weighted by atomic mass is 9.90. The van der Waals surface area contributed by atoms with Crippen LogP contribution in [0.1, 0.15) is 27.6 Å². The van der Waals surface area contributed by atoms with E-state index in [1.807, 2.05) is 0 Å². The van der Waals surface area contributed by atoms with Crippen molar-refractivity contribution in [2.24, 2.45) is 0 Å². The number of phenolic OH excluding ortho intramolecular Hbond substituents is 7. The minimum absolute atomic E-state index is 0.00116. The number of ether oxygens (including phenoxy) is 2. The average molecular weight is 458 g/mol. The van der Waals surface area contributed by atoms with Crippen molar-refractivity contribution >= 4 is 5.97 Å². The molecule has 4 rings (SSSR count). The molecule has 0 aromatic heterocycles. The second kappa shape index (κ2) is 7.57. The summed E-state index contributed by atoms with van der Waals surface area (Å²) in [5.74, 6) is -8.06. The molecular formula is C22H18O11. The molecule has 0 fully saturated rings. The molecule has 1 heterocycles.